The van der Waals surface area contributed by atoms with Gasteiger partial charge in [0.25, 0.3) is 5.91 Å². The summed E-state index contributed by atoms with van der Waals surface area (Å²) >= 11 is 5.98. The molecule has 2 aliphatic rings. The highest BCUT2D eigenvalue weighted by Crippen LogP contribution is 2.38. The van der Waals surface area contributed by atoms with Crippen LogP contribution in [0.5, 0.6) is 11.6 Å². The molecule has 6 rings (SSSR count). The van der Waals surface area contributed by atoms with Gasteiger partial charge in [-0.15, -0.1) is 0 Å². The summed E-state index contributed by atoms with van der Waals surface area (Å²) in [6.07, 6.45) is 0.737. The number of nitrogens with zero attached hydrogens (tertiary/aromatic N) is 2. The number of pyridine rings is 1. The van der Waals surface area contributed by atoms with E-state index in [9.17, 15) is 9.59 Å². The first kappa shape index (κ1) is 25.1. The predicted octanol–water partition coefficient (Wildman–Crippen LogP) is 5.45. The van der Waals surface area contributed by atoms with Crippen LogP contribution in [0.4, 0.5) is 4.79 Å². The van der Waals surface area contributed by atoms with Gasteiger partial charge in [-0.1, -0.05) is 41.9 Å². The monoisotopic (exact) mass is 547 g/mol. The second-order valence-electron chi connectivity index (χ2n) is 9.54. The number of benzene rings is 2. The van der Waals surface area contributed by atoms with Crippen LogP contribution in [-0.4, -0.2) is 54.3 Å². The Labute approximate surface area is 229 Å². The van der Waals surface area contributed by atoms with Crippen LogP contribution in [0, 0.1) is 0 Å². The Balaban J connectivity index is 1.33. The lowest BCUT2D eigenvalue weighted by atomic mass is 10.0. The first-order valence-corrected chi connectivity index (χ1v) is 13.1. The summed E-state index contributed by atoms with van der Waals surface area (Å²) in [6, 6.07) is 18.4. The molecule has 0 bridgehead atoms. The van der Waals surface area contributed by atoms with Gasteiger partial charge in [-0.05, 0) is 29.8 Å². The minimum absolute atomic E-state index is 0.0424. The molecule has 2 aromatic carbocycles. The van der Waals surface area contributed by atoms with Crippen molar-refractivity contribution < 1.29 is 28.2 Å². The van der Waals surface area contributed by atoms with Gasteiger partial charge in [0.1, 0.15) is 29.6 Å². The largest absolute Gasteiger partial charge is 0.488 e. The molecule has 4 aromatic rings. The normalized spacial score (nSPS) is 18.5. The van der Waals surface area contributed by atoms with Crippen molar-refractivity contribution >= 4 is 34.6 Å². The third-order valence-corrected chi connectivity index (χ3v) is 7.26. The maximum Gasteiger partial charge on any atom is 0.410 e. The molecule has 2 fully saturated rings. The van der Waals surface area contributed by atoms with E-state index in [1.165, 1.54) is 7.11 Å². The quantitative estimate of drug-likeness (QED) is 0.328. The van der Waals surface area contributed by atoms with Crippen LogP contribution in [0.25, 0.3) is 22.4 Å². The summed E-state index contributed by atoms with van der Waals surface area (Å²) in [5, 5.41) is 4.45. The third kappa shape index (κ3) is 5.09. The number of carbonyl (C=O) groups excluding carboxylic acids is 2. The number of ether oxygens (including phenoxy) is 3. The summed E-state index contributed by atoms with van der Waals surface area (Å²) in [5.74, 6) is 0.681. The molecular weight excluding hydrogens is 522 g/mol. The van der Waals surface area contributed by atoms with Gasteiger partial charge in [0.15, 0.2) is 11.5 Å². The summed E-state index contributed by atoms with van der Waals surface area (Å²) in [4.78, 5) is 31.6. The smallest absolute Gasteiger partial charge is 0.410 e. The average molecular weight is 548 g/mol. The van der Waals surface area contributed by atoms with Crippen LogP contribution >= 0.6 is 11.6 Å². The average Bonchev–Trinajstić information content (AvgIpc) is 3.55. The van der Waals surface area contributed by atoms with E-state index >= 15 is 0 Å². The highest BCUT2D eigenvalue weighted by Gasteiger charge is 2.39. The number of cyclic esters (lactones) is 1. The number of halogens is 1. The van der Waals surface area contributed by atoms with Crippen molar-refractivity contribution in [1.29, 1.82) is 0 Å². The number of fused-ring (bicyclic) bond motifs is 2. The SMILES string of the molecule is COc1nc(-c2cc3ccccc3o2)c(O[C@H]2CCN3C(=O)OC[C@@H]3C2)cc1C(=O)NCc1ccc(Cl)cc1. The van der Waals surface area contributed by atoms with Crippen molar-refractivity contribution in [2.45, 2.75) is 31.5 Å². The Morgan fingerprint density at radius 1 is 1.18 bits per heavy atom. The van der Waals surface area contributed by atoms with Crippen LogP contribution in [-0.2, 0) is 11.3 Å². The number of nitrogens with one attached hydrogen (secondary N) is 1. The van der Waals surface area contributed by atoms with Gasteiger partial charge in [-0.25, -0.2) is 9.78 Å². The molecule has 1 N–H and O–H groups in total. The Hall–Kier alpha value is -4.24. The fourth-order valence-electron chi connectivity index (χ4n) is 4.99. The van der Waals surface area contributed by atoms with Gasteiger partial charge in [-0.2, -0.15) is 0 Å². The van der Waals surface area contributed by atoms with E-state index in [4.69, 9.17) is 30.2 Å². The molecule has 2 aliphatic heterocycles. The Kier molecular flexibility index (Phi) is 6.74. The van der Waals surface area contributed by atoms with E-state index in [0.717, 1.165) is 10.9 Å². The molecule has 2 saturated heterocycles. The summed E-state index contributed by atoms with van der Waals surface area (Å²) in [5.41, 5.74) is 2.27. The molecular formula is C29H26ClN3O6. The molecule has 2 atom stereocenters. The second-order valence-corrected chi connectivity index (χ2v) is 9.97. The zero-order valence-electron chi connectivity index (χ0n) is 21.2. The van der Waals surface area contributed by atoms with E-state index in [1.807, 2.05) is 42.5 Å². The molecule has 2 aromatic heterocycles. The number of amides is 2. The fraction of sp³-hybridized carbons (Fsp3) is 0.276. The topological polar surface area (TPSA) is 103 Å². The molecule has 39 heavy (non-hydrogen) atoms. The van der Waals surface area contributed by atoms with Gasteiger partial charge >= 0.3 is 6.09 Å². The maximum absolute atomic E-state index is 13.3. The number of furan rings is 1. The second kappa shape index (κ2) is 10.5. The molecule has 0 unspecified atom stereocenters. The third-order valence-electron chi connectivity index (χ3n) is 7.01. The van der Waals surface area contributed by atoms with Gasteiger partial charge in [0.05, 0.1) is 13.2 Å². The van der Waals surface area contributed by atoms with E-state index in [-0.39, 0.29) is 35.6 Å². The van der Waals surface area contributed by atoms with Crippen molar-refractivity contribution in [1.82, 2.24) is 15.2 Å². The number of hydrogen-bond acceptors (Lipinski definition) is 7. The molecule has 0 saturated carbocycles. The van der Waals surface area contributed by atoms with E-state index < -0.39 is 0 Å². The van der Waals surface area contributed by atoms with Gasteiger partial charge in [-0.3, -0.25) is 4.79 Å². The molecule has 2 amide bonds. The zero-order valence-corrected chi connectivity index (χ0v) is 21.9. The maximum atomic E-state index is 13.3. The Morgan fingerprint density at radius 3 is 2.79 bits per heavy atom. The van der Waals surface area contributed by atoms with E-state index in [0.29, 0.717) is 60.3 Å². The van der Waals surface area contributed by atoms with Crippen molar-refractivity contribution in [3.05, 3.63) is 76.8 Å². The van der Waals surface area contributed by atoms with Gasteiger partial charge in [0.2, 0.25) is 5.88 Å². The zero-order chi connectivity index (χ0) is 26.9. The fourth-order valence-corrected chi connectivity index (χ4v) is 5.12. The molecule has 9 nitrogen and oxygen atoms in total. The number of methoxy groups -OCH3 is 1. The number of rotatable bonds is 7. The van der Waals surface area contributed by atoms with Crippen molar-refractivity contribution in [2.24, 2.45) is 0 Å². The standard InChI is InChI=1S/C29H26ClN3O6/c1-36-28-22(27(34)31-15-17-6-8-19(30)9-7-17)14-25(38-21-10-11-33-20(13-21)16-37-29(33)35)26(32-28)24-12-18-4-2-3-5-23(18)39-24/h2-9,12,14,20-21H,10-11,13,15-16H2,1H3,(H,31,34)/t20-,21-/m0/s1. The van der Waals surface area contributed by atoms with Gasteiger partial charge in [0, 0.05) is 42.4 Å². The first-order valence-electron chi connectivity index (χ1n) is 12.7. The number of hydrogen-bond donors (Lipinski definition) is 1. The number of piperidine rings is 1. The Morgan fingerprint density at radius 2 is 2.00 bits per heavy atom. The predicted molar refractivity (Wildman–Crippen MR) is 144 cm³/mol. The van der Waals surface area contributed by atoms with Crippen molar-refractivity contribution in [2.75, 3.05) is 20.3 Å². The summed E-state index contributed by atoms with van der Waals surface area (Å²) < 4.78 is 23.3. The van der Waals surface area contributed by atoms with Crippen LogP contribution in [0.1, 0.15) is 28.8 Å². The lowest BCUT2D eigenvalue weighted by Gasteiger charge is -2.32. The molecule has 0 radical (unpaired) electrons. The van der Waals surface area contributed by atoms with E-state index in [1.54, 1.807) is 23.1 Å². The number of para-hydroxylation sites is 1. The van der Waals surface area contributed by atoms with Crippen LogP contribution in [0.2, 0.25) is 5.02 Å². The summed E-state index contributed by atoms with van der Waals surface area (Å²) in [6.45, 7) is 1.18. The van der Waals surface area contributed by atoms with Gasteiger partial charge < -0.3 is 28.8 Å². The minimum Gasteiger partial charge on any atom is -0.488 e. The molecule has 0 aliphatic carbocycles. The molecule has 4 heterocycles. The lowest BCUT2D eigenvalue weighted by Crippen LogP contribution is -2.44. The van der Waals surface area contributed by atoms with Crippen molar-refractivity contribution in [3.8, 4) is 23.1 Å². The molecule has 10 heteroatoms. The minimum atomic E-state index is -0.361. The highest BCUT2D eigenvalue weighted by molar-refractivity contribution is 6.30. The summed E-state index contributed by atoms with van der Waals surface area (Å²) in [7, 11) is 1.47. The Bertz CT molecular complexity index is 1500. The first-order chi connectivity index (χ1) is 19.0. The van der Waals surface area contributed by atoms with Crippen LogP contribution in [0.3, 0.4) is 0 Å². The van der Waals surface area contributed by atoms with Crippen LogP contribution < -0.4 is 14.8 Å². The van der Waals surface area contributed by atoms with Crippen LogP contribution in [0.15, 0.2) is 65.1 Å². The number of aromatic nitrogens is 1. The molecule has 0 spiro atoms. The van der Waals surface area contributed by atoms with Crippen molar-refractivity contribution in [3.63, 3.8) is 0 Å². The molecule has 200 valence electrons. The highest BCUT2D eigenvalue weighted by atomic mass is 35.5. The van der Waals surface area contributed by atoms with E-state index in [2.05, 4.69) is 10.3 Å². The number of carbonyl (C=O) groups is 2. The lowest BCUT2D eigenvalue weighted by molar-refractivity contribution is 0.0912.